The summed E-state index contributed by atoms with van der Waals surface area (Å²) in [4.78, 5) is 4.09. The van der Waals surface area contributed by atoms with Crippen molar-refractivity contribution in [2.45, 2.75) is 37.6 Å². The van der Waals surface area contributed by atoms with Gasteiger partial charge in [0.25, 0.3) is 10.0 Å². The van der Waals surface area contributed by atoms with Crippen LogP contribution in [0.5, 0.6) is 11.5 Å². The maximum Gasteiger partial charge on any atom is 0.260 e. The number of ether oxygens (including phenoxy) is 2. The van der Waals surface area contributed by atoms with Crippen molar-refractivity contribution in [2.75, 3.05) is 26.2 Å². The summed E-state index contributed by atoms with van der Waals surface area (Å²) >= 11 is 0. The van der Waals surface area contributed by atoms with Crippen molar-refractivity contribution < 1.29 is 23.4 Å². The SMILES string of the molecule is [2H]C1([2H])Oc2cc(C)c(C3CCN(S(=O)(=O)c4cnc(C)n4C)CC3)cc2OC1([2H])[2H]. The van der Waals surface area contributed by atoms with Crippen LogP contribution in [0.4, 0.5) is 0 Å². The zero-order valence-corrected chi connectivity index (χ0v) is 16.3. The van der Waals surface area contributed by atoms with E-state index in [1.165, 1.54) is 10.5 Å². The van der Waals surface area contributed by atoms with Crippen LogP contribution in [0.3, 0.4) is 0 Å². The molecule has 0 aliphatic carbocycles. The number of nitrogens with zero attached hydrogens (tertiary/aromatic N) is 3. The third kappa shape index (κ3) is 3.21. The maximum atomic E-state index is 13.0. The molecule has 4 rings (SSSR count). The second-order valence-electron chi connectivity index (χ2n) is 6.94. The minimum atomic E-state index is -3.63. The molecule has 1 saturated heterocycles. The Hall–Kier alpha value is -2.06. The fraction of sp³-hybridized carbons (Fsp3) is 0.526. The first-order valence-corrected chi connectivity index (χ1v) is 10.3. The van der Waals surface area contributed by atoms with Crippen LogP contribution in [0.15, 0.2) is 23.4 Å². The summed E-state index contributed by atoms with van der Waals surface area (Å²) in [6.07, 6.45) is 2.59. The predicted octanol–water partition coefficient (Wildman–Crippen LogP) is 2.38. The monoisotopic (exact) mass is 395 g/mol. The number of sulfonamides is 1. The van der Waals surface area contributed by atoms with Gasteiger partial charge in [0.1, 0.15) is 18.9 Å². The number of hydrogen-bond acceptors (Lipinski definition) is 5. The summed E-state index contributed by atoms with van der Waals surface area (Å²) in [5, 5.41) is 0.176. The van der Waals surface area contributed by atoms with E-state index in [4.69, 9.17) is 15.0 Å². The molecular weight excluding hydrogens is 366 g/mol. The molecule has 3 heterocycles. The largest absolute Gasteiger partial charge is 0.486 e. The summed E-state index contributed by atoms with van der Waals surface area (Å²) < 4.78 is 70.6. The highest BCUT2D eigenvalue weighted by atomic mass is 32.2. The van der Waals surface area contributed by atoms with Gasteiger partial charge in [-0.2, -0.15) is 4.31 Å². The summed E-state index contributed by atoms with van der Waals surface area (Å²) in [6.45, 7) is -0.880. The molecule has 1 fully saturated rings. The molecule has 1 aromatic carbocycles. The molecule has 0 saturated carbocycles. The van der Waals surface area contributed by atoms with Crippen molar-refractivity contribution >= 4 is 10.0 Å². The van der Waals surface area contributed by atoms with Crippen molar-refractivity contribution in [2.24, 2.45) is 7.05 Å². The van der Waals surface area contributed by atoms with E-state index in [1.54, 1.807) is 30.7 Å². The fourth-order valence-corrected chi connectivity index (χ4v) is 5.31. The quantitative estimate of drug-likeness (QED) is 0.798. The van der Waals surface area contributed by atoms with Crippen LogP contribution in [0.1, 0.15) is 41.2 Å². The maximum absolute atomic E-state index is 13.0. The van der Waals surface area contributed by atoms with E-state index < -0.39 is 23.1 Å². The van der Waals surface area contributed by atoms with Crippen molar-refractivity contribution in [3.05, 3.63) is 35.3 Å². The number of piperidine rings is 1. The Kier molecular flexibility index (Phi) is 3.55. The standard InChI is InChI=1S/C19H25N3O4S/c1-13-10-17-18(26-9-8-25-17)11-16(13)15-4-6-22(7-5-15)27(23,24)19-12-20-14(2)21(19)3/h10-12,15H,4-9H2,1-3H3/i8D2,9D2. The van der Waals surface area contributed by atoms with Crippen molar-refractivity contribution in [1.82, 2.24) is 13.9 Å². The van der Waals surface area contributed by atoms with E-state index in [1.807, 2.05) is 6.92 Å². The van der Waals surface area contributed by atoms with Gasteiger partial charge in [0.2, 0.25) is 0 Å². The van der Waals surface area contributed by atoms with Crippen LogP contribution in [0.25, 0.3) is 0 Å². The molecule has 0 spiro atoms. The molecule has 0 unspecified atom stereocenters. The third-order valence-corrected chi connectivity index (χ3v) is 7.32. The van der Waals surface area contributed by atoms with Crippen LogP contribution in [-0.4, -0.2) is 48.5 Å². The Bertz CT molecular complexity index is 1130. The number of aryl methyl sites for hydroxylation is 2. The average Bonchev–Trinajstić information content (AvgIpc) is 3.02. The van der Waals surface area contributed by atoms with Gasteiger partial charge in [0, 0.05) is 20.1 Å². The van der Waals surface area contributed by atoms with E-state index in [2.05, 4.69) is 4.98 Å². The van der Waals surface area contributed by atoms with E-state index in [9.17, 15) is 8.42 Å². The van der Waals surface area contributed by atoms with Crippen molar-refractivity contribution in [1.29, 1.82) is 0 Å². The number of hydrogen-bond donors (Lipinski definition) is 0. The van der Waals surface area contributed by atoms with Gasteiger partial charge < -0.3 is 14.0 Å². The minimum absolute atomic E-state index is 0.0678. The van der Waals surface area contributed by atoms with Gasteiger partial charge in [0.05, 0.1) is 11.7 Å². The van der Waals surface area contributed by atoms with Crippen LogP contribution in [-0.2, 0) is 17.1 Å². The smallest absolute Gasteiger partial charge is 0.260 e. The number of rotatable bonds is 3. The average molecular weight is 396 g/mol. The first kappa shape index (κ1) is 14.0. The van der Waals surface area contributed by atoms with E-state index in [0.717, 1.165) is 11.1 Å². The molecule has 146 valence electrons. The van der Waals surface area contributed by atoms with Gasteiger partial charge in [-0.15, -0.1) is 0 Å². The van der Waals surface area contributed by atoms with Gasteiger partial charge in [-0.05, 0) is 55.9 Å². The van der Waals surface area contributed by atoms with Crippen LogP contribution in [0, 0.1) is 13.8 Å². The number of fused-ring (bicyclic) bond motifs is 1. The summed E-state index contributed by atoms with van der Waals surface area (Å²) in [6, 6.07) is 3.34. The highest BCUT2D eigenvalue weighted by Crippen LogP contribution is 2.39. The Morgan fingerprint density at radius 1 is 1.15 bits per heavy atom. The summed E-state index contributed by atoms with van der Waals surface area (Å²) in [5.41, 5.74) is 1.79. The molecule has 7 nitrogen and oxygen atoms in total. The first-order valence-electron chi connectivity index (χ1n) is 10.8. The fourth-order valence-electron chi connectivity index (χ4n) is 3.69. The topological polar surface area (TPSA) is 73.7 Å². The highest BCUT2D eigenvalue weighted by molar-refractivity contribution is 7.89. The molecule has 0 bridgehead atoms. The first-order chi connectivity index (χ1) is 14.3. The Morgan fingerprint density at radius 3 is 2.37 bits per heavy atom. The van der Waals surface area contributed by atoms with Gasteiger partial charge in [-0.25, -0.2) is 13.4 Å². The molecule has 0 atom stereocenters. The lowest BCUT2D eigenvalue weighted by Crippen LogP contribution is -2.38. The zero-order chi connectivity index (χ0) is 22.8. The van der Waals surface area contributed by atoms with Crippen LogP contribution >= 0.6 is 0 Å². The summed E-state index contributed by atoms with van der Waals surface area (Å²) in [5.74, 6) is 1.01. The molecule has 2 aromatic rings. The molecule has 0 radical (unpaired) electrons. The molecule has 1 aromatic heterocycles. The predicted molar refractivity (Wildman–Crippen MR) is 101 cm³/mol. The lowest BCUT2D eigenvalue weighted by atomic mass is 9.87. The van der Waals surface area contributed by atoms with Crippen LogP contribution in [0.2, 0.25) is 0 Å². The second kappa shape index (κ2) is 6.83. The lowest BCUT2D eigenvalue weighted by molar-refractivity contribution is 0.171. The zero-order valence-electron chi connectivity index (χ0n) is 19.5. The van der Waals surface area contributed by atoms with E-state index in [-0.39, 0.29) is 22.4 Å². The van der Waals surface area contributed by atoms with Crippen molar-refractivity contribution in [3.8, 4) is 11.5 Å². The molecule has 2 aliphatic rings. The highest BCUT2D eigenvalue weighted by Gasteiger charge is 2.33. The van der Waals surface area contributed by atoms with E-state index >= 15 is 0 Å². The van der Waals surface area contributed by atoms with Crippen LogP contribution < -0.4 is 9.47 Å². The van der Waals surface area contributed by atoms with E-state index in [0.29, 0.717) is 31.8 Å². The molecular formula is C19H25N3O4S. The summed E-state index contributed by atoms with van der Waals surface area (Å²) in [7, 11) is -1.95. The minimum Gasteiger partial charge on any atom is -0.486 e. The Morgan fingerprint density at radius 2 is 1.78 bits per heavy atom. The number of imidazole rings is 1. The van der Waals surface area contributed by atoms with Gasteiger partial charge in [0.15, 0.2) is 16.5 Å². The molecule has 2 aliphatic heterocycles. The Balaban J connectivity index is 1.54. The normalized spacial score (nSPS) is 24.6. The van der Waals surface area contributed by atoms with Gasteiger partial charge >= 0.3 is 0 Å². The van der Waals surface area contributed by atoms with Crippen molar-refractivity contribution in [3.63, 3.8) is 0 Å². The third-order valence-electron chi connectivity index (χ3n) is 5.37. The second-order valence-corrected chi connectivity index (χ2v) is 8.83. The molecule has 0 N–H and O–H groups in total. The number of benzene rings is 1. The Labute approximate surface area is 165 Å². The van der Waals surface area contributed by atoms with Gasteiger partial charge in [-0.1, -0.05) is 0 Å². The lowest BCUT2D eigenvalue weighted by Gasteiger charge is -2.32. The van der Waals surface area contributed by atoms with Gasteiger partial charge in [-0.3, -0.25) is 0 Å². The molecule has 27 heavy (non-hydrogen) atoms. The molecule has 0 amide bonds. The number of aromatic nitrogens is 2. The molecule has 8 heteroatoms.